The molecule has 0 radical (unpaired) electrons. The first-order chi connectivity index (χ1) is 8.76. The quantitative estimate of drug-likeness (QED) is 0.812. The van der Waals surface area contributed by atoms with E-state index in [-0.39, 0.29) is 6.10 Å². The van der Waals surface area contributed by atoms with E-state index < -0.39 is 0 Å². The van der Waals surface area contributed by atoms with Crippen LogP contribution in [0.4, 0.5) is 0 Å². The van der Waals surface area contributed by atoms with Gasteiger partial charge < -0.3 is 4.74 Å². The largest absolute Gasteiger partial charge is 0.369 e. The summed E-state index contributed by atoms with van der Waals surface area (Å²) in [5.41, 5.74) is 3.14. The van der Waals surface area contributed by atoms with E-state index in [9.17, 15) is 0 Å². The number of ether oxygens (including phenoxy) is 1. The van der Waals surface area contributed by atoms with Crippen molar-refractivity contribution in [1.29, 1.82) is 0 Å². The Kier molecular flexibility index (Phi) is 4.44. The molecule has 18 heavy (non-hydrogen) atoms. The molecule has 1 unspecified atom stereocenters. The molecule has 0 aliphatic carbocycles. The van der Waals surface area contributed by atoms with E-state index in [4.69, 9.17) is 4.74 Å². The molecule has 0 fully saturated rings. The highest BCUT2D eigenvalue weighted by molar-refractivity contribution is 9.08. The van der Waals surface area contributed by atoms with Crippen LogP contribution in [0.2, 0.25) is 0 Å². The lowest BCUT2D eigenvalue weighted by Gasteiger charge is -2.15. The Bertz CT molecular complexity index is 516. The van der Waals surface area contributed by atoms with Crippen molar-refractivity contribution >= 4 is 15.9 Å². The Labute approximate surface area is 115 Å². The minimum absolute atomic E-state index is 0.218. The van der Waals surface area contributed by atoms with E-state index in [1.54, 1.807) is 7.11 Å². The number of halogens is 1. The lowest BCUT2D eigenvalue weighted by atomic mass is 10.1. The second kappa shape index (κ2) is 6.07. The van der Waals surface area contributed by atoms with E-state index in [1.165, 1.54) is 0 Å². The van der Waals surface area contributed by atoms with E-state index in [0.717, 1.165) is 22.2 Å². The normalized spacial score (nSPS) is 12.4. The van der Waals surface area contributed by atoms with Crippen molar-refractivity contribution in [3.63, 3.8) is 0 Å². The van der Waals surface area contributed by atoms with Gasteiger partial charge in [0.15, 0.2) is 5.82 Å². The molecule has 0 amide bonds. The molecule has 1 heterocycles. The average molecular weight is 307 g/mol. The lowest BCUT2D eigenvalue weighted by molar-refractivity contribution is 0.129. The fourth-order valence-corrected chi connectivity index (χ4v) is 2.34. The molecule has 1 atom stereocenters. The predicted molar refractivity (Wildman–Crippen MR) is 74.7 cm³/mol. The second-order valence-corrected chi connectivity index (χ2v) is 4.58. The van der Waals surface area contributed by atoms with Crippen molar-refractivity contribution in [3.8, 4) is 0 Å². The van der Waals surface area contributed by atoms with E-state index in [1.807, 2.05) is 43.5 Å². The van der Waals surface area contributed by atoms with Crippen LogP contribution in [0.15, 0.2) is 36.5 Å². The first kappa shape index (κ1) is 13.2. The van der Waals surface area contributed by atoms with Crippen molar-refractivity contribution in [3.05, 3.63) is 59.2 Å². The van der Waals surface area contributed by atoms with Crippen molar-refractivity contribution in [1.82, 2.24) is 9.97 Å². The molecule has 0 saturated carbocycles. The summed E-state index contributed by atoms with van der Waals surface area (Å²) in [5, 5.41) is 0.722. The SMILES string of the molecule is COC(c1ccccc1)c1ncc(C)c(CBr)n1. The van der Waals surface area contributed by atoms with Crippen LogP contribution in [0.3, 0.4) is 0 Å². The fourth-order valence-electron chi connectivity index (χ4n) is 1.77. The maximum Gasteiger partial charge on any atom is 0.162 e. The zero-order chi connectivity index (χ0) is 13.0. The molecule has 4 heteroatoms. The Hall–Kier alpha value is -1.26. The van der Waals surface area contributed by atoms with Gasteiger partial charge in [-0.1, -0.05) is 46.3 Å². The number of hydrogen-bond acceptors (Lipinski definition) is 3. The summed E-state index contributed by atoms with van der Waals surface area (Å²) in [6, 6.07) is 9.99. The number of methoxy groups -OCH3 is 1. The lowest BCUT2D eigenvalue weighted by Crippen LogP contribution is -2.10. The van der Waals surface area contributed by atoms with Crippen LogP contribution in [0, 0.1) is 6.92 Å². The smallest absolute Gasteiger partial charge is 0.162 e. The zero-order valence-corrected chi connectivity index (χ0v) is 12.0. The minimum Gasteiger partial charge on any atom is -0.369 e. The number of benzene rings is 1. The molecule has 2 aromatic rings. The highest BCUT2D eigenvalue weighted by Crippen LogP contribution is 2.23. The van der Waals surface area contributed by atoms with Gasteiger partial charge in [0.25, 0.3) is 0 Å². The first-order valence-electron chi connectivity index (χ1n) is 5.72. The van der Waals surface area contributed by atoms with Crippen LogP contribution in [0.1, 0.15) is 28.7 Å². The zero-order valence-electron chi connectivity index (χ0n) is 10.4. The van der Waals surface area contributed by atoms with Crippen LogP contribution < -0.4 is 0 Å². The Balaban J connectivity index is 2.39. The van der Waals surface area contributed by atoms with Gasteiger partial charge in [-0.15, -0.1) is 0 Å². The van der Waals surface area contributed by atoms with Crippen LogP contribution >= 0.6 is 15.9 Å². The molecule has 0 spiro atoms. The van der Waals surface area contributed by atoms with Gasteiger partial charge >= 0.3 is 0 Å². The number of hydrogen-bond donors (Lipinski definition) is 0. The molecule has 1 aromatic heterocycles. The highest BCUT2D eigenvalue weighted by Gasteiger charge is 2.17. The second-order valence-electron chi connectivity index (χ2n) is 4.02. The molecule has 2 rings (SSSR count). The average Bonchev–Trinajstić information content (AvgIpc) is 2.42. The van der Waals surface area contributed by atoms with Gasteiger partial charge in [0.1, 0.15) is 6.10 Å². The maximum atomic E-state index is 5.52. The minimum atomic E-state index is -0.218. The monoisotopic (exact) mass is 306 g/mol. The molecular weight excluding hydrogens is 292 g/mol. The van der Waals surface area contributed by atoms with Crippen LogP contribution in [0.5, 0.6) is 0 Å². The van der Waals surface area contributed by atoms with E-state index in [2.05, 4.69) is 25.9 Å². The van der Waals surface area contributed by atoms with Crippen LogP contribution in [0.25, 0.3) is 0 Å². The molecule has 0 aliphatic heterocycles. The van der Waals surface area contributed by atoms with Gasteiger partial charge in [-0.25, -0.2) is 9.97 Å². The van der Waals surface area contributed by atoms with Gasteiger partial charge in [-0.3, -0.25) is 0 Å². The third kappa shape index (κ3) is 2.76. The van der Waals surface area contributed by atoms with E-state index in [0.29, 0.717) is 5.82 Å². The first-order valence-corrected chi connectivity index (χ1v) is 6.84. The van der Waals surface area contributed by atoms with Crippen LogP contribution in [-0.4, -0.2) is 17.1 Å². The van der Waals surface area contributed by atoms with Crippen molar-refractivity contribution in [2.24, 2.45) is 0 Å². The standard InChI is InChI=1S/C14H15BrN2O/c1-10-9-16-14(17-12(10)8-15)13(18-2)11-6-4-3-5-7-11/h3-7,9,13H,8H2,1-2H3. The Morgan fingerprint density at radius 3 is 2.61 bits per heavy atom. The summed E-state index contributed by atoms with van der Waals surface area (Å²) in [7, 11) is 1.68. The molecule has 1 aromatic carbocycles. The summed E-state index contributed by atoms with van der Waals surface area (Å²) in [6.07, 6.45) is 1.62. The van der Waals surface area contributed by atoms with Gasteiger partial charge in [0.05, 0.1) is 5.69 Å². The van der Waals surface area contributed by atoms with Crippen LogP contribution in [-0.2, 0) is 10.1 Å². The number of aryl methyl sites for hydroxylation is 1. The molecule has 3 nitrogen and oxygen atoms in total. The Morgan fingerprint density at radius 1 is 1.28 bits per heavy atom. The molecule has 0 aliphatic rings. The molecular formula is C14H15BrN2O. The van der Waals surface area contributed by atoms with Gasteiger partial charge in [0.2, 0.25) is 0 Å². The molecule has 0 saturated heterocycles. The Morgan fingerprint density at radius 2 is 2.00 bits per heavy atom. The number of nitrogens with zero attached hydrogens (tertiary/aromatic N) is 2. The van der Waals surface area contributed by atoms with Gasteiger partial charge in [-0.2, -0.15) is 0 Å². The van der Waals surface area contributed by atoms with Gasteiger partial charge in [0, 0.05) is 18.6 Å². The topological polar surface area (TPSA) is 35.0 Å². The molecule has 0 bridgehead atoms. The summed E-state index contributed by atoms with van der Waals surface area (Å²) >= 11 is 3.44. The van der Waals surface area contributed by atoms with Gasteiger partial charge in [-0.05, 0) is 18.1 Å². The summed E-state index contributed by atoms with van der Waals surface area (Å²) < 4.78 is 5.52. The predicted octanol–water partition coefficient (Wildman–Crippen LogP) is 3.42. The summed E-state index contributed by atoms with van der Waals surface area (Å²) in [5.74, 6) is 0.698. The number of aromatic nitrogens is 2. The number of alkyl halides is 1. The highest BCUT2D eigenvalue weighted by atomic mass is 79.9. The number of rotatable bonds is 4. The summed E-state index contributed by atoms with van der Waals surface area (Å²) in [4.78, 5) is 8.93. The molecule has 94 valence electrons. The maximum absolute atomic E-state index is 5.52. The fraction of sp³-hybridized carbons (Fsp3) is 0.286. The van der Waals surface area contributed by atoms with Crippen molar-refractivity contribution < 1.29 is 4.74 Å². The van der Waals surface area contributed by atoms with Crippen molar-refractivity contribution in [2.75, 3.05) is 7.11 Å². The third-order valence-corrected chi connectivity index (χ3v) is 3.33. The van der Waals surface area contributed by atoms with Crippen molar-refractivity contribution in [2.45, 2.75) is 18.4 Å². The molecule has 0 N–H and O–H groups in total. The third-order valence-electron chi connectivity index (χ3n) is 2.79. The summed E-state index contributed by atoms with van der Waals surface area (Å²) in [6.45, 7) is 2.00. The van der Waals surface area contributed by atoms with E-state index >= 15 is 0 Å².